The van der Waals surface area contributed by atoms with Gasteiger partial charge in [-0.2, -0.15) is 0 Å². The molecule has 0 radical (unpaired) electrons. The van der Waals surface area contributed by atoms with Crippen molar-refractivity contribution >= 4 is 5.91 Å². The second kappa shape index (κ2) is 6.14. The predicted octanol–water partition coefficient (Wildman–Crippen LogP) is 0.970. The van der Waals surface area contributed by atoms with Crippen LogP contribution in [0.2, 0.25) is 0 Å². The van der Waals surface area contributed by atoms with Gasteiger partial charge < -0.3 is 10.2 Å². The van der Waals surface area contributed by atoms with E-state index in [1.165, 1.54) is 0 Å². The molecule has 1 amide bonds. The number of hydrogen-bond donors (Lipinski definition) is 2. The number of aryl methyl sites for hydroxylation is 1. The van der Waals surface area contributed by atoms with E-state index in [1.807, 2.05) is 6.92 Å². The number of aromatic amines is 1. The topological polar surface area (TPSA) is 73.9 Å². The van der Waals surface area contributed by atoms with Crippen LogP contribution in [0, 0.1) is 0 Å². The predicted molar refractivity (Wildman–Crippen MR) is 73.0 cm³/mol. The third-order valence-electron chi connectivity index (χ3n) is 3.66. The zero-order chi connectivity index (χ0) is 13.8. The molecule has 1 aromatic heterocycles. The van der Waals surface area contributed by atoms with Crippen LogP contribution in [-0.2, 0) is 6.42 Å². The summed E-state index contributed by atoms with van der Waals surface area (Å²) >= 11 is 0. The Bertz CT molecular complexity index is 420. The van der Waals surface area contributed by atoms with E-state index in [1.54, 1.807) is 0 Å². The summed E-state index contributed by atoms with van der Waals surface area (Å²) in [7, 11) is 0. The smallest absolute Gasteiger partial charge is 0.291 e. The van der Waals surface area contributed by atoms with Crippen molar-refractivity contribution in [2.24, 2.45) is 0 Å². The number of amides is 1. The average molecular weight is 265 g/mol. The highest BCUT2D eigenvalue weighted by molar-refractivity contribution is 5.90. The molecule has 6 nitrogen and oxygen atoms in total. The molecule has 0 bridgehead atoms. The molecule has 0 aromatic carbocycles. The van der Waals surface area contributed by atoms with Crippen LogP contribution in [0.5, 0.6) is 0 Å². The Kier molecular flexibility index (Phi) is 4.52. The number of rotatable bonds is 4. The lowest BCUT2D eigenvalue weighted by Crippen LogP contribution is -2.46. The summed E-state index contributed by atoms with van der Waals surface area (Å²) in [6.07, 6.45) is 2.75. The second-order valence-electron chi connectivity index (χ2n) is 5.34. The van der Waals surface area contributed by atoms with Gasteiger partial charge in [0, 0.05) is 31.6 Å². The Morgan fingerprint density at radius 1 is 1.47 bits per heavy atom. The van der Waals surface area contributed by atoms with Crippen LogP contribution in [0.15, 0.2) is 0 Å². The van der Waals surface area contributed by atoms with Gasteiger partial charge in [0.1, 0.15) is 5.82 Å². The minimum Gasteiger partial charge on any atom is -0.346 e. The molecule has 0 atom stereocenters. The Labute approximate surface area is 114 Å². The zero-order valence-electron chi connectivity index (χ0n) is 11.9. The van der Waals surface area contributed by atoms with Gasteiger partial charge in [-0.3, -0.25) is 9.89 Å². The van der Waals surface area contributed by atoms with Crippen molar-refractivity contribution in [1.82, 2.24) is 25.4 Å². The second-order valence-corrected chi connectivity index (χ2v) is 5.34. The maximum Gasteiger partial charge on any atom is 0.291 e. The van der Waals surface area contributed by atoms with E-state index < -0.39 is 0 Å². The standard InChI is InChI=1S/C13H23N5O/c1-4-11-15-12(17-16-11)13(19)14-10-5-7-18(8-6-10)9(2)3/h9-10H,4-8H2,1-3H3,(H,14,19)(H,15,16,17). The molecule has 106 valence electrons. The minimum atomic E-state index is -0.168. The molecule has 1 saturated heterocycles. The quantitative estimate of drug-likeness (QED) is 0.850. The number of carbonyl (C=O) groups excluding carboxylic acids is 1. The van der Waals surface area contributed by atoms with Crippen LogP contribution in [0.1, 0.15) is 50.1 Å². The average Bonchev–Trinajstić information content (AvgIpc) is 2.88. The summed E-state index contributed by atoms with van der Waals surface area (Å²) in [6.45, 7) is 8.47. The zero-order valence-corrected chi connectivity index (χ0v) is 11.9. The van der Waals surface area contributed by atoms with Gasteiger partial charge in [-0.1, -0.05) is 6.92 Å². The lowest BCUT2D eigenvalue weighted by molar-refractivity contribution is 0.0890. The fourth-order valence-corrected chi connectivity index (χ4v) is 2.37. The Hall–Kier alpha value is -1.43. The fraction of sp³-hybridized carbons (Fsp3) is 0.769. The van der Waals surface area contributed by atoms with Crippen LogP contribution >= 0.6 is 0 Å². The van der Waals surface area contributed by atoms with E-state index in [0.29, 0.717) is 6.04 Å². The minimum absolute atomic E-state index is 0.168. The third-order valence-corrected chi connectivity index (χ3v) is 3.66. The van der Waals surface area contributed by atoms with Gasteiger partial charge >= 0.3 is 0 Å². The molecular formula is C13H23N5O. The Balaban J connectivity index is 1.83. The molecule has 1 aromatic rings. The van der Waals surface area contributed by atoms with E-state index in [2.05, 4.69) is 39.2 Å². The molecule has 19 heavy (non-hydrogen) atoms. The summed E-state index contributed by atoms with van der Waals surface area (Å²) in [5.74, 6) is 0.835. The summed E-state index contributed by atoms with van der Waals surface area (Å²) < 4.78 is 0. The maximum absolute atomic E-state index is 12.0. The number of carbonyl (C=O) groups is 1. The number of nitrogens with zero attached hydrogens (tertiary/aromatic N) is 3. The Morgan fingerprint density at radius 3 is 2.68 bits per heavy atom. The summed E-state index contributed by atoms with van der Waals surface area (Å²) in [4.78, 5) is 18.6. The van der Waals surface area contributed by atoms with Crippen molar-refractivity contribution in [2.45, 2.75) is 52.1 Å². The lowest BCUT2D eigenvalue weighted by Gasteiger charge is -2.34. The van der Waals surface area contributed by atoms with Crippen LogP contribution in [-0.4, -0.2) is 51.2 Å². The first-order valence-corrected chi connectivity index (χ1v) is 7.06. The van der Waals surface area contributed by atoms with Gasteiger partial charge in [0.05, 0.1) is 0 Å². The first kappa shape index (κ1) is 14.0. The van der Waals surface area contributed by atoms with Gasteiger partial charge in [-0.25, -0.2) is 4.98 Å². The van der Waals surface area contributed by atoms with Crippen LogP contribution in [0.25, 0.3) is 0 Å². The highest BCUT2D eigenvalue weighted by Crippen LogP contribution is 2.13. The summed E-state index contributed by atoms with van der Waals surface area (Å²) in [5.41, 5.74) is 0. The van der Waals surface area contributed by atoms with Gasteiger partial charge in [-0.15, -0.1) is 5.10 Å². The van der Waals surface area contributed by atoms with Crippen LogP contribution < -0.4 is 5.32 Å². The van der Waals surface area contributed by atoms with Crippen molar-refractivity contribution in [1.29, 1.82) is 0 Å². The largest absolute Gasteiger partial charge is 0.346 e. The molecule has 6 heteroatoms. The van der Waals surface area contributed by atoms with E-state index in [9.17, 15) is 4.79 Å². The number of H-pyrrole nitrogens is 1. The number of likely N-dealkylation sites (tertiary alicyclic amines) is 1. The van der Waals surface area contributed by atoms with Crippen LogP contribution in [0.3, 0.4) is 0 Å². The van der Waals surface area contributed by atoms with E-state index >= 15 is 0 Å². The first-order valence-electron chi connectivity index (χ1n) is 7.06. The fourth-order valence-electron chi connectivity index (χ4n) is 2.37. The molecule has 1 aliphatic heterocycles. The highest BCUT2D eigenvalue weighted by Gasteiger charge is 2.23. The van der Waals surface area contributed by atoms with E-state index in [4.69, 9.17) is 0 Å². The Morgan fingerprint density at radius 2 is 2.16 bits per heavy atom. The molecule has 0 spiro atoms. The molecule has 2 N–H and O–H groups in total. The SMILES string of the molecule is CCc1nc(C(=O)NC2CCN(C(C)C)CC2)n[nH]1. The van der Waals surface area contributed by atoms with Gasteiger partial charge in [0.15, 0.2) is 0 Å². The molecular weight excluding hydrogens is 242 g/mol. The third kappa shape index (κ3) is 3.53. The molecule has 0 aliphatic carbocycles. The van der Waals surface area contributed by atoms with E-state index in [-0.39, 0.29) is 17.8 Å². The van der Waals surface area contributed by atoms with Crippen molar-refractivity contribution < 1.29 is 4.79 Å². The maximum atomic E-state index is 12.0. The van der Waals surface area contributed by atoms with Crippen molar-refractivity contribution in [2.75, 3.05) is 13.1 Å². The van der Waals surface area contributed by atoms with Gasteiger partial charge in [0.25, 0.3) is 5.91 Å². The number of nitrogens with one attached hydrogen (secondary N) is 2. The molecule has 2 heterocycles. The van der Waals surface area contributed by atoms with Crippen molar-refractivity contribution in [3.8, 4) is 0 Å². The first-order chi connectivity index (χ1) is 9.10. The molecule has 2 rings (SSSR count). The summed E-state index contributed by atoms with van der Waals surface area (Å²) in [6, 6.07) is 0.822. The van der Waals surface area contributed by atoms with Crippen molar-refractivity contribution in [3.63, 3.8) is 0 Å². The normalized spacial score (nSPS) is 17.9. The monoisotopic (exact) mass is 265 g/mol. The van der Waals surface area contributed by atoms with E-state index in [0.717, 1.165) is 38.2 Å². The number of piperidine rings is 1. The lowest BCUT2D eigenvalue weighted by atomic mass is 10.0. The summed E-state index contributed by atoms with van der Waals surface area (Å²) in [5, 5.41) is 9.72. The molecule has 1 fully saturated rings. The van der Waals surface area contributed by atoms with Crippen LogP contribution in [0.4, 0.5) is 0 Å². The molecule has 0 unspecified atom stereocenters. The molecule has 1 aliphatic rings. The number of aromatic nitrogens is 3. The number of hydrogen-bond acceptors (Lipinski definition) is 4. The highest BCUT2D eigenvalue weighted by atomic mass is 16.2. The van der Waals surface area contributed by atoms with Gasteiger partial charge in [0.2, 0.25) is 5.82 Å². The van der Waals surface area contributed by atoms with Gasteiger partial charge in [-0.05, 0) is 26.7 Å². The molecule has 0 saturated carbocycles. The van der Waals surface area contributed by atoms with Crippen molar-refractivity contribution in [3.05, 3.63) is 11.6 Å².